The van der Waals surface area contributed by atoms with Crippen LogP contribution in [0.5, 0.6) is 5.75 Å². The van der Waals surface area contributed by atoms with E-state index in [1.807, 2.05) is 25.1 Å². The maximum absolute atomic E-state index is 12.3. The number of hydrogen-bond donors (Lipinski definition) is 1. The van der Waals surface area contributed by atoms with Gasteiger partial charge in [-0.15, -0.1) is 0 Å². The molecule has 0 aromatic heterocycles. The van der Waals surface area contributed by atoms with Gasteiger partial charge in [0.25, 0.3) is 5.91 Å². The van der Waals surface area contributed by atoms with Crippen LogP contribution in [0.4, 0.5) is 0 Å². The topological polar surface area (TPSA) is 38.3 Å². The molecule has 1 amide bonds. The molecule has 0 heterocycles. The summed E-state index contributed by atoms with van der Waals surface area (Å²) >= 11 is 17.7. The Labute approximate surface area is 144 Å². The first-order chi connectivity index (χ1) is 10.4. The van der Waals surface area contributed by atoms with E-state index in [0.717, 1.165) is 5.56 Å². The summed E-state index contributed by atoms with van der Waals surface area (Å²) in [4.78, 5) is 12.3. The van der Waals surface area contributed by atoms with E-state index in [9.17, 15) is 4.79 Å². The normalized spacial score (nSPS) is 12.5. The van der Waals surface area contributed by atoms with Gasteiger partial charge in [0, 0.05) is 5.56 Å². The summed E-state index contributed by atoms with van der Waals surface area (Å²) in [6, 6.07) is 16.0. The summed E-state index contributed by atoms with van der Waals surface area (Å²) in [6.45, 7) is 1.83. The standard InChI is InChI=1S/C16H14Cl3NO2/c1-11-7-5-6-10-13(11)14(21)20-15(16(17,18)19)22-12-8-3-2-4-9-12/h2-10,15H,1H3,(H,20,21)/t15-/m1/s1. The van der Waals surface area contributed by atoms with Crippen LogP contribution in [0.15, 0.2) is 54.6 Å². The predicted molar refractivity (Wildman–Crippen MR) is 89.8 cm³/mol. The molecule has 116 valence electrons. The van der Waals surface area contributed by atoms with Crippen molar-refractivity contribution in [1.82, 2.24) is 5.32 Å². The van der Waals surface area contributed by atoms with E-state index in [1.165, 1.54) is 0 Å². The molecule has 0 aliphatic heterocycles. The van der Waals surface area contributed by atoms with E-state index in [1.54, 1.807) is 36.4 Å². The Morgan fingerprint density at radius 1 is 1.05 bits per heavy atom. The maximum atomic E-state index is 12.3. The number of hydrogen-bond acceptors (Lipinski definition) is 2. The number of rotatable bonds is 4. The van der Waals surface area contributed by atoms with E-state index in [4.69, 9.17) is 39.5 Å². The van der Waals surface area contributed by atoms with Crippen LogP contribution in [-0.4, -0.2) is 15.9 Å². The molecular formula is C16H14Cl3NO2. The Balaban J connectivity index is 2.17. The summed E-state index contributed by atoms with van der Waals surface area (Å²) in [5.74, 6) is 0.120. The fourth-order valence-corrected chi connectivity index (χ4v) is 2.14. The van der Waals surface area contributed by atoms with Crippen molar-refractivity contribution < 1.29 is 9.53 Å². The van der Waals surface area contributed by atoms with E-state index >= 15 is 0 Å². The van der Waals surface area contributed by atoms with Gasteiger partial charge in [-0.2, -0.15) is 0 Å². The monoisotopic (exact) mass is 357 g/mol. The lowest BCUT2D eigenvalue weighted by atomic mass is 10.1. The minimum Gasteiger partial charge on any atom is -0.466 e. The molecule has 2 aromatic rings. The van der Waals surface area contributed by atoms with Gasteiger partial charge in [0.1, 0.15) is 5.75 Å². The second-order valence-corrected chi connectivity index (χ2v) is 7.01. The molecule has 2 rings (SSSR count). The third-order valence-corrected chi connectivity index (χ3v) is 3.54. The lowest BCUT2D eigenvalue weighted by Gasteiger charge is -2.26. The minimum atomic E-state index is -1.81. The van der Waals surface area contributed by atoms with Gasteiger partial charge < -0.3 is 10.1 Å². The van der Waals surface area contributed by atoms with E-state index in [2.05, 4.69) is 5.32 Å². The van der Waals surface area contributed by atoms with Crippen molar-refractivity contribution in [2.75, 3.05) is 0 Å². The molecule has 0 bridgehead atoms. The third-order valence-electron chi connectivity index (χ3n) is 2.95. The van der Waals surface area contributed by atoms with Crippen molar-refractivity contribution in [2.45, 2.75) is 16.9 Å². The molecule has 2 aromatic carbocycles. The maximum Gasteiger partial charge on any atom is 0.254 e. The smallest absolute Gasteiger partial charge is 0.254 e. The van der Waals surface area contributed by atoms with Gasteiger partial charge >= 0.3 is 0 Å². The highest BCUT2D eigenvalue weighted by Crippen LogP contribution is 2.32. The first kappa shape index (κ1) is 16.9. The third kappa shape index (κ3) is 4.54. The molecule has 1 atom stereocenters. The van der Waals surface area contributed by atoms with E-state index < -0.39 is 10.0 Å². The second-order valence-electron chi connectivity index (χ2n) is 4.64. The predicted octanol–water partition coefficient (Wildman–Crippen LogP) is 4.50. The fourth-order valence-electron chi connectivity index (χ4n) is 1.84. The lowest BCUT2D eigenvalue weighted by molar-refractivity contribution is 0.0832. The zero-order valence-electron chi connectivity index (χ0n) is 11.7. The molecule has 0 aliphatic carbocycles. The first-order valence-corrected chi connectivity index (χ1v) is 7.66. The Bertz CT molecular complexity index is 641. The van der Waals surface area contributed by atoms with Crippen molar-refractivity contribution in [3.05, 3.63) is 65.7 Å². The van der Waals surface area contributed by atoms with Gasteiger partial charge in [0.15, 0.2) is 0 Å². The number of aryl methyl sites for hydroxylation is 1. The number of halogens is 3. The summed E-state index contributed by atoms with van der Waals surface area (Å²) in [7, 11) is 0. The molecular weight excluding hydrogens is 345 g/mol. The number of amides is 1. The Morgan fingerprint density at radius 2 is 1.64 bits per heavy atom. The number of carbonyl (C=O) groups excluding carboxylic acids is 1. The molecule has 1 N–H and O–H groups in total. The molecule has 0 spiro atoms. The van der Waals surface area contributed by atoms with Gasteiger partial charge in [-0.25, -0.2) is 0 Å². The highest BCUT2D eigenvalue weighted by atomic mass is 35.6. The Morgan fingerprint density at radius 3 is 2.23 bits per heavy atom. The van der Waals surface area contributed by atoms with Crippen LogP contribution in [0.25, 0.3) is 0 Å². The highest BCUT2D eigenvalue weighted by molar-refractivity contribution is 6.68. The number of carbonyl (C=O) groups is 1. The number of alkyl halides is 3. The van der Waals surface area contributed by atoms with Gasteiger partial charge in [-0.3, -0.25) is 4.79 Å². The summed E-state index contributed by atoms with van der Waals surface area (Å²) in [6.07, 6.45) is -1.12. The fraction of sp³-hybridized carbons (Fsp3) is 0.188. The van der Waals surface area contributed by atoms with Crippen LogP contribution in [0.1, 0.15) is 15.9 Å². The van der Waals surface area contributed by atoms with E-state index in [-0.39, 0.29) is 5.91 Å². The summed E-state index contributed by atoms with van der Waals surface area (Å²) < 4.78 is 3.77. The van der Waals surface area contributed by atoms with Crippen molar-refractivity contribution in [1.29, 1.82) is 0 Å². The molecule has 22 heavy (non-hydrogen) atoms. The first-order valence-electron chi connectivity index (χ1n) is 6.53. The average molecular weight is 359 g/mol. The van der Waals surface area contributed by atoms with Crippen LogP contribution in [0.2, 0.25) is 0 Å². The lowest BCUT2D eigenvalue weighted by Crippen LogP contribution is -2.48. The Kier molecular flexibility index (Phi) is 5.57. The molecule has 0 unspecified atom stereocenters. The van der Waals surface area contributed by atoms with Gasteiger partial charge in [-0.05, 0) is 30.7 Å². The molecule has 0 radical (unpaired) electrons. The molecule has 6 heteroatoms. The number of para-hydroxylation sites is 1. The van der Waals surface area contributed by atoms with Gasteiger partial charge in [0.2, 0.25) is 10.0 Å². The average Bonchev–Trinajstić information content (AvgIpc) is 2.47. The van der Waals surface area contributed by atoms with Gasteiger partial charge in [-0.1, -0.05) is 71.2 Å². The highest BCUT2D eigenvalue weighted by Gasteiger charge is 2.36. The zero-order chi connectivity index (χ0) is 16.2. The second kappa shape index (κ2) is 7.23. The molecule has 0 aliphatic rings. The minimum absolute atomic E-state index is 0.370. The van der Waals surface area contributed by atoms with Crippen LogP contribution < -0.4 is 10.1 Å². The van der Waals surface area contributed by atoms with Crippen LogP contribution in [0, 0.1) is 6.92 Å². The quantitative estimate of drug-likeness (QED) is 0.645. The summed E-state index contributed by atoms with van der Waals surface area (Å²) in [5.41, 5.74) is 1.32. The van der Waals surface area contributed by atoms with E-state index in [0.29, 0.717) is 11.3 Å². The van der Waals surface area contributed by atoms with Crippen molar-refractivity contribution in [2.24, 2.45) is 0 Å². The van der Waals surface area contributed by atoms with Crippen molar-refractivity contribution in [3.63, 3.8) is 0 Å². The van der Waals surface area contributed by atoms with Crippen LogP contribution in [-0.2, 0) is 0 Å². The molecule has 0 saturated heterocycles. The SMILES string of the molecule is Cc1ccccc1C(=O)N[C@H](Oc1ccccc1)C(Cl)(Cl)Cl. The summed E-state index contributed by atoms with van der Waals surface area (Å²) in [5, 5.41) is 2.61. The van der Waals surface area contributed by atoms with Gasteiger partial charge in [0.05, 0.1) is 0 Å². The number of nitrogens with one attached hydrogen (secondary N) is 1. The number of ether oxygens (including phenoxy) is 1. The zero-order valence-corrected chi connectivity index (χ0v) is 14.0. The largest absolute Gasteiger partial charge is 0.466 e. The van der Waals surface area contributed by atoms with Crippen molar-refractivity contribution >= 4 is 40.7 Å². The molecule has 3 nitrogen and oxygen atoms in total. The number of benzene rings is 2. The molecule has 0 fully saturated rings. The van der Waals surface area contributed by atoms with Crippen LogP contribution >= 0.6 is 34.8 Å². The Hall–Kier alpha value is -1.42. The van der Waals surface area contributed by atoms with Crippen molar-refractivity contribution in [3.8, 4) is 5.75 Å². The molecule has 0 saturated carbocycles. The van der Waals surface area contributed by atoms with Crippen LogP contribution in [0.3, 0.4) is 0 Å².